The van der Waals surface area contributed by atoms with E-state index in [1.807, 2.05) is 4.57 Å². The van der Waals surface area contributed by atoms with Gasteiger partial charge in [-0.2, -0.15) is 0 Å². The molecule has 0 bridgehead atoms. The van der Waals surface area contributed by atoms with Crippen LogP contribution >= 0.6 is 0 Å². The zero-order valence-corrected chi connectivity index (χ0v) is 11.1. The van der Waals surface area contributed by atoms with Crippen LogP contribution in [-0.2, 0) is 24.3 Å². The van der Waals surface area contributed by atoms with E-state index in [1.165, 1.54) is 12.8 Å². The molecular weight excluding hydrogens is 230 g/mol. The van der Waals surface area contributed by atoms with Crippen LogP contribution in [0.2, 0.25) is 0 Å². The number of rotatable bonds is 6. The van der Waals surface area contributed by atoms with Crippen molar-refractivity contribution in [3.8, 4) is 0 Å². The third-order valence-corrected chi connectivity index (χ3v) is 3.46. The van der Waals surface area contributed by atoms with Gasteiger partial charge in [0.15, 0.2) is 5.82 Å². The molecule has 1 saturated heterocycles. The lowest BCUT2D eigenvalue weighted by Crippen LogP contribution is -2.20. The Balaban J connectivity index is 1.93. The average molecular weight is 253 g/mol. The van der Waals surface area contributed by atoms with Gasteiger partial charge in [-0.25, -0.2) is 0 Å². The van der Waals surface area contributed by atoms with Crippen molar-refractivity contribution in [2.45, 2.75) is 64.7 Å². The normalized spacial score (nSPS) is 20.2. The van der Waals surface area contributed by atoms with E-state index in [-0.39, 0.29) is 6.61 Å². The standard InChI is InChI=1S/C13H23N3O2/c1-2-8-16-12(14-15-13(16)10-17)7-6-11-5-3-4-9-18-11/h11,17H,2-10H2,1H3. The molecule has 1 atom stereocenters. The van der Waals surface area contributed by atoms with Crippen molar-refractivity contribution >= 4 is 0 Å². The SMILES string of the molecule is CCCn1c(CO)nnc1CCC1CCCCO1. The van der Waals surface area contributed by atoms with E-state index in [4.69, 9.17) is 4.74 Å². The third-order valence-electron chi connectivity index (χ3n) is 3.46. The van der Waals surface area contributed by atoms with Gasteiger partial charge in [0, 0.05) is 19.6 Å². The van der Waals surface area contributed by atoms with Crippen molar-refractivity contribution in [2.24, 2.45) is 0 Å². The summed E-state index contributed by atoms with van der Waals surface area (Å²) in [5.74, 6) is 1.66. The molecule has 0 aromatic carbocycles. The molecule has 1 aromatic rings. The first-order valence-corrected chi connectivity index (χ1v) is 6.98. The van der Waals surface area contributed by atoms with Crippen molar-refractivity contribution in [1.82, 2.24) is 14.8 Å². The molecule has 0 spiro atoms. The fraction of sp³-hybridized carbons (Fsp3) is 0.846. The minimum absolute atomic E-state index is 0.0348. The molecule has 0 aliphatic carbocycles. The topological polar surface area (TPSA) is 60.2 Å². The highest BCUT2D eigenvalue weighted by molar-refractivity contribution is 4.95. The van der Waals surface area contributed by atoms with E-state index in [1.54, 1.807) is 0 Å². The van der Waals surface area contributed by atoms with Crippen molar-refractivity contribution in [2.75, 3.05) is 6.61 Å². The Morgan fingerprint density at radius 1 is 1.33 bits per heavy atom. The Kier molecular flexibility index (Phi) is 5.13. The lowest BCUT2D eigenvalue weighted by atomic mass is 10.0. The van der Waals surface area contributed by atoms with E-state index in [0.717, 1.165) is 44.7 Å². The summed E-state index contributed by atoms with van der Waals surface area (Å²) in [6.45, 7) is 3.86. The molecule has 1 fully saturated rings. The number of hydrogen-bond donors (Lipinski definition) is 1. The van der Waals surface area contributed by atoms with Crippen LogP contribution in [0.4, 0.5) is 0 Å². The largest absolute Gasteiger partial charge is 0.388 e. The monoisotopic (exact) mass is 253 g/mol. The molecule has 102 valence electrons. The second kappa shape index (κ2) is 6.85. The Hall–Kier alpha value is -0.940. The smallest absolute Gasteiger partial charge is 0.158 e. The van der Waals surface area contributed by atoms with Gasteiger partial charge in [0.1, 0.15) is 12.4 Å². The molecule has 18 heavy (non-hydrogen) atoms. The van der Waals surface area contributed by atoms with Crippen LogP contribution in [0.5, 0.6) is 0 Å². The minimum atomic E-state index is -0.0348. The van der Waals surface area contributed by atoms with Crippen molar-refractivity contribution < 1.29 is 9.84 Å². The molecule has 5 heteroatoms. The molecule has 1 unspecified atom stereocenters. The number of hydrogen-bond acceptors (Lipinski definition) is 4. The van der Waals surface area contributed by atoms with Gasteiger partial charge in [0.2, 0.25) is 0 Å². The van der Waals surface area contributed by atoms with Gasteiger partial charge in [-0.3, -0.25) is 0 Å². The van der Waals surface area contributed by atoms with Crippen molar-refractivity contribution in [3.63, 3.8) is 0 Å². The number of ether oxygens (including phenoxy) is 1. The molecule has 0 amide bonds. The van der Waals surface area contributed by atoms with Gasteiger partial charge in [0.05, 0.1) is 6.10 Å². The van der Waals surface area contributed by atoms with Gasteiger partial charge in [-0.05, 0) is 32.1 Å². The van der Waals surface area contributed by atoms with E-state index < -0.39 is 0 Å². The number of aliphatic hydroxyl groups excluding tert-OH is 1. The van der Waals surface area contributed by atoms with Gasteiger partial charge >= 0.3 is 0 Å². The maximum atomic E-state index is 9.23. The maximum absolute atomic E-state index is 9.23. The molecule has 1 N–H and O–H groups in total. The van der Waals surface area contributed by atoms with Gasteiger partial charge in [0.25, 0.3) is 0 Å². The number of aliphatic hydroxyl groups is 1. The summed E-state index contributed by atoms with van der Waals surface area (Å²) >= 11 is 0. The van der Waals surface area contributed by atoms with Crippen LogP contribution in [-0.4, -0.2) is 32.6 Å². The molecule has 1 aromatic heterocycles. The Morgan fingerprint density at radius 2 is 2.17 bits per heavy atom. The summed E-state index contributed by atoms with van der Waals surface area (Å²) in [6, 6.07) is 0. The van der Waals surface area contributed by atoms with Crippen LogP contribution in [0.25, 0.3) is 0 Å². The second-order valence-corrected chi connectivity index (χ2v) is 4.87. The van der Waals surface area contributed by atoms with Crippen molar-refractivity contribution in [3.05, 3.63) is 11.6 Å². The Bertz CT molecular complexity index is 359. The molecule has 1 aliphatic heterocycles. The third kappa shape index (κ3) is 3.29. The minimum Gasteiger partial charge on any atom is -0.388 e. The van der Waals surface area contributed by atoms with E-state index >= 15 is 0 Å². The summed E-state index contributed by atoms with van der Waals surface area (Å²) in [5.41, 5.74) is 0. The summed E-state index contributed by atoms with van der Waals surface area (Å²) in [4.78, 5) is 0. The van der Waals surface area contributed by atoms with Crippen LogP contribution < -0.4 is 0 Å². The molecule has 2 rings (SSSR count). The average Bonchev–Trinajstić information content (AvgIpc) is 2.80. The second-order valence-electron chi connectivity index (χ2n) is 4.87. The van der Waals surface area contributed by atoms with E-state index in [0.29, 0.717) is 11.9 Å². The highest BCUT2D eigenvalue weighted by Crippen LogP contribution is 2.17. The number of aryl methyl sites for hydroxylation is 1. The highest BCUT2D eigenvalue weighted by Gasteiger charge is 2.16. The lowest BCUT2D eigenvalue weighted by molar-refractivity contribution is 0.0111. The summed E-state index contributed by atoms with van der Waals surface area (Å²) in [7, 11) is 0. The van der Waals surface area contributed by atoms with Gasteiger partial charge < -0.3 is 14.4 Å². The van der Waals surface area contributed by atoms with Crippen LogP contribution in [0.15, 0.2) is 0 Å². The molecule has 1 aliphatic rings. The van der Waals surface area contributed by atoms with Crippen LogP contribution in [0.1, 0.15) is 50.7 Å². The highest BCUT2D eigenvalue weighted by atomic mass is 16.5. The van der Waals surface area contributed by atoms with Crippen molar-refractivity contribution in [1.29, 1.82) is 0 Å². The fourth-order valence-electron chi connectivity index (χ4n) is 2.48. The zero-order chi connectivity index (χ0) is 12.8. The maximum Gasteiger partial charge on any atom is 0.158 e. The molecule has 2 heterocycles. The van der Waals surface area contributed by atoms with Gasteiger partial charge in [-0.15, -0.1) is 10.2 Å². The Morgan fingerprint density at radius 3 is 2.83 bits per heavy atom. The van der Waals surface area contributed by atoms with Gasteiger partial charge in [-0.1, -0.05) is 6.92 Å². The first-order chi connectivity index (χ1) is 8.85. The summed E-state index contributed by atoms with van der Waals surface area (Å²) in [6.07, 6.45) is 6.92. The zero-order valence-electron chi connectivity index (χ0n) is 11.1. The lowest BCUT2D eigenvalue weighted by Gasteiger charge is -2.22. The summed E-state index contributed by atoms with van der Waals surface area (Å²) < 4.78 is 7.77. The molecule has 0 radical (unpaired) electrons. The predicted octanol–water partition coefficient (Wildman–Crippen LogP) is 1.68. The summed E-state index contributed by atoms with van der Waals surface area (Å²) in [5, 5.41) is 17.5. The van der Waals surface area contributed by atoms with E-state index in [2.05, 4.69) is 17.1 Å². The first-order valence-electron chi connectivity index (χ1n) is 6.98. The Labute approximate surface area is 108 Å². The van der Waals surface area contributed by atoms with Crippen LogP contribution in [0.3, 0.4) is 0 Å². The quantitative estimate of drug-likeness (QED) is 0.838. The fourth-order valence-corrected chi connectivity index (χ4v) is 2.48. The van der Waals surface area contributed by atoms with Crippen LogP contribution in [0, 0.1) is 0 Å². The van der Waals surface area contributed by atoms with E-state index in [9.17, 15) is 5.11 Å². The molecule has 5 nitrogen and oxygen atoms in total. The predicted molar refractivity (Wildman–Crippen MR) is 68.1 cm³/mol. The number of nitrogens with zero attached hydrogens (tertiary/aromatic N) is 3. The number of aromatic nitrogens is 3. The first kappa shape index (κ1) is 13.5. The molecular formula is C13H23N3O2. The molecule has 0 saturated carbocycles.